The van der Waals surface area contributed by atoms with E-state index in [9.17, 15) is 0 Å². The summed E-state index contributed by atoms with van der Waals surface area (Å²) in [6.07, 6.45) is 0. The van der Waals surface area contributed by atoms with E-state index in [2.05, 4.69) is 4.98 Å². The molecule has 0 aliphatic heterocycles. The predicted molar refractivity (Wildman–Crippen MR) is 57.5 cm³/mol. The van der Waals surface area contributed by atoms with Crippen LogP contribution in [0.2, 0.25) is 0 Å². The highest BCUT2D eigenvalue weighted by molar-refractivity contribution is 5.73. The number of hydrogen-bond acceptors (Lipinski definition) is 4. The number of nitrogens with two attached hydrogens (primary N) is 1. The summed E-state index contributed by atoms with van der Waals surface area (Å²) in [5.41, 5.74) is 8.16. The molecule has 0 unspecified atom stereocenters. The Morgan fingerprint density at radius 3 is 3.13 bits per heavy atom. The molecule has 1 aromatic carbocycles. The fraction of sp³-hybridized carbons (Fsp3) is 0.364. The van der Waals surface area contributed by atoms with Crippen molar-refractivity contribution in [3.8, 4) is 0 Å². The van der Waals surface area contributed by atoms with Crippen molar-refractivity contribution in [1.82, 2.24) is 4.98 Å². The van der Waals surface area contributed by atoms with Crippen LogP contribution in [0.25, 0.3) is 11.1 Å². The van der Waals surface area contributed by atoms with Crippen LogP contribution in [0.1, 0.15) is 11.5 Å². The van der Waals surface area contributed by atoms with Gasteiger partial charge in [0.25, 0.3) is 0 Å². The van der Waals surface area contributed by atoms with Gasteiger partial charge >= 0.3 is 0 Å². The Balaban J connectivity index is 2.16. The normalized spacial score (nSPS) is 11.1. The molecule has 0 saturated carbocycles. The first-order valence-corrected chi connectivity index (χ1v) is 4.93. The van der Waals surface area contributed by atoms with Crippen LogP contribution in [0, 0.1) is 6.92 Å². The van der Waals surface area contributed by atoms with E-state index in [0.717, 1.165) is 11.1 Å². The van der Waals surface area contributed by atoms with Crippen molar-refractivity contribution >= 4 is 11.1 Å². The van der Waals surface area contributed by atoms with E-state index in [1.807, 2.05) is 25.1 Å². The lowest BCUT2D eigenvalue weighted by atomic mass is 10.2. The zero-order valence-electron chi connectivity index (χ0n) is 8.69. The third-order valence-corrected chi connectivity index (χ3v) is 2.08. The van der Waals surface area contributed by atoms with E-state index < -0.39 is 0 Å². The molecule has 0 bridgehead atoms. The molecule has 0 spiro atoms. The number of hydrogen-bond donors (Lipinski definition) is 1. The number of aromatic nitrogens is 1. The van der Waals surface area contributed by atoms with E-state index in [1.54, 1.807) is 0 Å². The number of rotatable bonds is 4. The van der Waals surface area contributed by atoms with Crippen molar-refractivity contribution in [1.29, 1.82) is 0 Å². The van der Waals surface area contributed by atoms with E-state index in [4.69, 9.17) is 14.9 Å². The zero-order valence-corrected chi connectivity index (χ0v) is 8.69. The minimum absolute atomic E-state index is 0.380. The van der Waals surface area contributed by atoms with Crippen molar-refractivity contribution in [2.45, 2.75) is 13.5 Å². The van der Waals surface area contributed by atoms with Crippen LogP contribution in [0.4, 0.5) is 0 Å². The number of nitrogens with zero attached hydrogens (tertiary/aromatic N) is 1. The molecule has 2 aromatic rings. The van der Waals surface area contributed by atoms with Gasteiger partial charge in [0.05, 0.1) is 6.61 Å². The summed E-state index contributed by atoms with van der Waals surface area (Å²) >= 11 is 0. The van der Waals surface area contributed by atoms with Crippen molar-refractivity contribution < 1.29 is 9.15 Å². The van der Waals surface area contributed by atoms with Gasteiger partial charge in [0.15, 0.2) is 5.58 Å². The zero-order chi connectivity index (χ0) is 10.7. The summed E-state index contributed by atoms with van der Waals surface area (Å²) in [7, 11) is 0. The number of oxazole rings is 1. The average Bonchev–Trinajstić information content (AvgIpc) is 2.60. The van der Waals surface area contributed by atoms with Crippen LogP contribution in [0.3, 0.4) is 0 Å². The Morgan fingerprint density at radius 1 is 1.47 bits per heavy atom. The Bertz CT molecular complexity index is 451. The smallest absolute Gasteiger partial charge is 0.221 e. The molecule has 0 aliphatic carbocycles. The Kier molecular flexibility index (Phi) is 2.99. The Hall–Kier alpha value is -1.39. The maximum Gasteiger partial charge on any atom is 0.221 e. The van der Waals surface area contributed by atoms with Gasteiger partial charge in [-0.2, -0.15) is 0 Å². The topological polar surface area (TPSA) is 61.3 Å². The minimum Gasteiger partial charge on any atom is -0.438 e. The second-order valence-electron chi connectivity index (χ2n) is 3.42. The van der Waals surface area contributed by atoms with Crippen molar-refractivity contribution in [3.05, 3.63) is 29.7 Å². The lowest BCUT2D eigenvalue weighted by Gasteiger charge is -1.96. The Morgan fingerprint density at radius 2 is 2.33 bits per heavy atom. The third-order valence-electron chi connectivity index (χ3n) is 2.08. The summed E-state index contributed by atoms with van der Waals surface area (Å²) < 4.78 is 10.7. The van der Waals surface area contributed by atoms with Gasteiger partial charge in [-0.3, -0.25) is 0 Å². The average molecular weight is 206 g/mol. The molecule has 2 rings (SSSR count). The van der Waals surface area contributed by atoms with Gasteiger partial charge in [0.1, 0.15) is 12.1 Å². The summed E-state index contributed by atoms with van der Waals surface area (Å²) in [6, 6.07) is 5.91. The lowest BCUT2D eigenvalue weighted by molar-refractivity contribution is 0.110. The summed E-state index contributed by atoms with van der Waals surface area (Å²) in [6.45, 7) is 3.45. The van der Waals surface area contributed by atoms with E-state index in [1.165, 1.54) is 5.56 Å². The Labute approximate surface area is 88.0 Å². The summed E-state index contributed by atoms with van der Waals surface area (Å²) in [5, 5.41) is 0. The molecule has 0 atom stereocenters. The molecule has 4 nitrogen and oxygen atoms in total. The molecule has 4 heteroatoms. The molecule has 0 amide bonds. The molecule has 0 saturated heterocycles. The fourth-order valence-electron chi connectivity index (χ4n) is 1.39. The predicted octanol–water partition coefficient (Wildman–Crippen LogP) is 1.61. The van der Waals surface area contributed by atoms with Crippen molar-refractivity contribution in [3.63, 3.8) is 0 Å². The van der Waals surface area contributed by atoms with Crippen LogP contribution in [-0.4, -0.2) is 18.1 Å². The van der Waals surface area contributed by atoms with Gasteiger partial charge < -0.3 is 14.9 Å². The highest BCUT2D eigenvalue weighted by Crippen LogP contribution is 2.17. The minimum atomic E-state index is 0.380. The largest absolute Gasteiger partial charge is 0.438 e. The maximum absolute atomic E-state index is 5.49. The molecule has 0 radical (unpaired) electrons. The second kappa shape index (κ2) is 4.42. The first-order chi connectivity index (χ1) is 7.29. The summed E-state index contributed by atoms with van der Waals surface area (Å²) in [5.74, 6) is 0.601. The van der Waals surface area contributed by atoms with Crippen molar-refractivity contribution in [2.75, 3.05) is 13.2 Å². The standard InChI is InChI=1S/C11H14N2O2/c1-8-2-3-10-9(6-8)13-11(15-10)7-14-5-4-12/h2-3,6H,4-5,7,12H2,1H3. The quantitative estimate of drug-likeness (QED) is 0.772. The van der Waals surface area contributed by atoms with Crippen LogP contribution in [0.5, 0.6) is 0 Å². The molecule has 0 aliphatic rings. The van der Waals surface area contributed by atoms with Crippen LogP contribution in [0.15, 0.2) is 22.6 Å². The molecule has 2 N–H and O–H groups in total. The molecular formula is C11H14N2O2. The highest BCUT2D eigenvalue weighted by atomic mass is 16.5. The van der Waals surface area contributed by atoms with Crippen LogP contribution >= 0.6 is 0 Å². The van der Waals surface area contributed by atoms with Gasteiger partial charge in [-0.15, -0.1) is 0 Å². The first-order valence-electron chi connectivity index (χ1n) is 4.93. The molecule has 80 valence electrons. The molecule has 0 fully saturated rings. The third kappa shape index (κ3) is 2.34. The molecular weight excluding hydrogens is 192 g/mol. The van der Waals surface area contributed by atoms with Gasteiger partial charge in [-0.25, -0.2) is 4.98 Å². The number of aryl methyl sites for hydroxylation is 1. The monoisotopic (exact) mass is 206 g/mol. The fourth-order valence-corrected chi connectivity index (χ4v) is 1.39. The number of ether oxygens (including phenoxy) is 1. The maximum atomic E-state index is 5.49. The van der Waals surface area contributed by atoms with Crippen LogP contribution < -0.4 is 5.73 Å². The lowest BCUT2D eigenvalue weighted by Crippen LogP contribution is -2.08. The van der Waals surface area contributed by atoms with Crippen molar-refractivity contribution in [2.24, 2.45) is 5.73 Å². The number of fused-ring (bicyclic) bond motifs is 1. The SMILES string of the molecule is Cc1ccc2oc(COCCN)nc2c1. The van der Waals surface area contributed by atoms with Gasteiger partial charge in [-0.1, -0.05) is 6.07 Å². The van der Waals surface area contributed by atoms with Crippen LogP contribution in [-0.2, 0) is 11.3 Å². The van der Waals surface area contributed by atoms with Gasteiger partial charge in [0.2, 0.25) is 5.89 Å². The summed E-state index contributed by atoms with van der Waals surface area (Å²) in [4.78, 5) is 4.31. The highest BCUT2D eigenvalue weighted by Gasteiger charge is 2.05. The second-order valence-corrected chi connectivity index (χ2v) is 3.42. The van der Waals surface area contributed by atoms with Gasteiger partial charge in [-0.05, 0) is 24.6 Å². The van der Waals surface area contributed by atoms with E-state index >= 15 is 0 Å². The van der Waals surface area contributed by atoms with Gasteiger partial charge in [0, 0.05) is 6.54 Å². The number of benzene rings is 1. The molecule has 1 aromatic heterocycles. The first kappa shape index (κ1) is 10.1. The van der Waals surface area contributed by atoms with E-state index in [0.29, 0.717) is 25.6 Å². The molecule has 15 heavy (non-hydrogen) atoms. The van der Waals surface area contributed by atoms with E-state index in [-0.39, 0.29) is 0 Å². The molecule has 1 heterocycles.